The summed E-state index contributed by atoms with van der Waals surface area (Å²) in [5, 5.41) is 7.33. The average molecular weight is 413 g/mol. The number of benzene rings is 1. The summed E-state index contributed by atoms with van der Waals surface area (Å²) in [7, 11) is 0. The minimum Gasteiger partial charge on any atom is -0.376 e. The second-order valence-corrected chi connectivity index (χ2v) is 8.41. The van der Waals surface area contributed by atoms with Gasteiger partial charge in [0.25, 0.3) is 0 Å². The molecule has 2 amide bonds. The molecule has 4 rings (SSSR count). The SMILES string of the molecule is O=C(NC1CCCCC1)N1CCCC(c2nc(CCOCc3ccccc3)no2)C1. The smallest absolute Gasteiger partial charge is 0.317 e. The lowest BCUT2D eigenvalue weighted by Gasteiger charge is -2.33. The van der Waals surface area contributed by atoms with Crippen molar-refractivity contribution in [3.05, 3.63) is 47.6 Å². The third-order valence-corrected chi connectivity index (χ3v) is 6.06. The van der Waals surface area contributed by atoms with Crippen molar-refractivity contribution in [1.29, 1.82) is 0 Å². The zero-order chi connectivity index (χ0) is 20.6. The van der Waals surface area contributed by atoms with Crippen LogP contribution in [0.5, 0.6) is 0 Å². The van der Waals surface area contributed by atoms with Gasteiger partial charge in [0.1, 0.15) is 0 Å². The predicted octanol–water partition coefficient (Wildman–Crippen LogP) is 4.05. The number of ether oxygens (including phenoxy) is 1. The standard InChI is InChI=1S/C23H32N4O3/c28-23(24-20-11-5-2-6-12-20)27-14-7-10-19(16-27)22-25-21(26-30-22)13-15-29-17-18-8-3-1-4-9-18/h1,3-4,8-9,19-20H,2,5-7,10-17H2,(H,24,28). The molecule has 2 aliphatic rings. The van der Waals surface area contributed by atoms with E-state index in [0.29, 0.717) is 43.9 Å². The fraction of sp³-hybridized carbons (Fsp3) is 0.609. The van der Waals surface area contributed by atoms with Gasteiger partial charge in [-0.05, 0) is 31.2 Å². The Labute approximate surface area is 178 Å². The molecule has 1 aliphatic carbocycles. The van der Waals surface area contributed by atoms with Crippen molar-refractivity contribution in [2.45, 2.75) is 69.9 Å². The van der Waals surface area contributed by atoms with E-state index in [9.17, 15) is 4.79 Å². The summed E-state index contributed by atoms with van der Waals surface area (Å²) in [6, 6.07) is 10.5. The topological polar surface area (TPSA) is 80.5 Å². The number of hydrogen-bond donors (Lipinski definition) is 1. The third-order valence-electron chi connectivity index (χ3n) is 6.06. The van der Waals surface area contributed by atoms with Gasteiger partial charge in [-0.1, -0.05) is 54.8 Å². The molecule has 1 aromatic carbocycles. The summed E-state index contributed by atoms with van der Waals surface area (Å²) < 4.78 is 11.2. The molecule has 2 aromatic rings. The number of amides is 2. The largest absolute Gasteiger partial charge is 0.376 e. The molecule has 162 valence electrons. The number of likely N-dealkylation sites (tertiary alicyclic amines) is 1. The quantitative estimate of drug-likeness (QED) is 0.694. The lowest BCUT2D eigenvalue weighted by atomic mass is 9.95. The van der Waals surface area contributed by atoms with E-state index in [4.69, 9.17) is 9.26 Å². The first-order chi connectivity index (χ1) is 14.8. The zero-order valence-corrected chi connectivity index (χ0v) is 17.6. The summed E-state index contributed by atoms with van der Waals surface area (Å²) >= 11 is 0. The fourth-order valence-electron chi connectivity index (χ4n) is 4.34. The molecule has 2 heterocycles. The van der Waals surface area contributed by atoms with Crippen molar-refractivity contribution < 1.29 is 14.1 Å². The van der Waals surface area contributed by atoms with Gasteiger partial charge in [-0.25, -0.2) is 4.79 Å². The summed E-state index contributed by atoms with van der Waals surface area (Å²) in [4.78, 5) is 19.2. The molecule has 0 spiro atoms. The molecule has 0 bridgehead atoms. The van der Waals surface area contributed by atoms with Crippen LogP contribution in [0, 0.1) is 0 Å². The lowest BCUT2D eigenvalue weighted by Crippen LogP contribution is -2.48. The Morgan fingerprint density at radius 1 is 1.13 bits per heavy atom. The monoisotopic (exact) mass is 412 g/mol. The highest BCUT2D eigenvalue weighted by Gasteiger charge is 2.29. The highest BCUT2D eigenvalue weighted by atomic mass is 16.5. The maximum atomic E-state index is 12.7. The molecule has 1 aromatic heterocycles. The van der Waals surface area contributed by atoms with Gasteiger partial charge in [0.05, 0.1) is 19.1 Å². The van der Waals surface area contributed by atoms with E-state index in [1.807, 2.05) is 35.2 Å². The van der Waals surface area contributed by atoms with Gasteiger partial charge >= 0.3 is 6.03 Å². The van der Waals surface area contributed by atoms with Gasteiger partial charge in [0, 0.05) is 25.6 Å². The van der Waals surface area contributed by atoms with E-state index >= 15 is 0 Å². The number of carbonyl (C=O) groups excluding carboxylic acids is 1. The molecule has 7 heteroatoms. The van der Waals surface area contributed by atoms with Crippen molar-refractivity contribution in [2.24, 2.45) is 0 Å². The number of carbonyl (C=O) groups is 1. The fourth-order valence-corrected chi connectivity index (χ4v) is 4.34. The first-order valence-electron chi connectivity index (χ1n) is 11.3. The maximum absolute atomic E-state index is 12.7. The molecule has 1 N–H and O–H groups in total. The Hall–Kier alpha value is -2.41. The lowest BCUT2D eigenvalue weighted by molar-refractivity contribution is 0.122. The van der Waals surface area contributed by atoms with E-state index in [0.717, 1.165) is 37.8 Å². The van der Waals surface area contributed by atoms with Gasteiger partial charge in [-0.15, -0.1) is 0 Å². The molecule has 1 unspecified atom stereocenters. The summed E-state index contributed by atoms with van der Waals surface area (Å²) in [5.74, 6) is 1.42. The molecule has 1 saturated carbocycles. The number of rotatable bonds is 7. The van der Waals surface area contributed by atoms with E-state index in [1.165, 1.54) is 19.3 Å². The number of nitrogens with one attached hydrogen (secondary N) is 1. The minimum absolute atomic E-state index is 0.0562. The zero-order valence-electron chi connectivity index (χ0n) is 17.6. The van der Waals surface area contributed by atoms with E-state index in [-0.39, 0.29) is 11.9 Å². The van der Waals surface area contributed by atoms with Crippen LogP contribution < -0.4 is 5.32 Å². The second-order valence-electron chi connectivity index (χ2n) is 8.41. The number of urea groups is 1. The first-order valence-corrected chi connectivity index (χ1v) is 11.3. The van der Waals surface area contributed by atoms with Crippen molar-refractivity contribution in [2.75, 3.05) is 19.7 Å². The van der Waals surface area contributed by atoms with E-state index in [1.54, 1.807) is 0 Å². The number of piperidine rings is 1. The highest BCUT2D eigenvalue weighted by molar-refractivity contribution is 5.74. The number of aromatic nitrogens is 2. The van der Waals surface area contributed by atoms with Crippen LogP contribution in [0.4, 0.5) is 4.79 Å². The third kappa shape index (κ3) is 5.81. The van der Waals surface area contributed by atoms with Crippen LogP contribution >= 0.6 is 0 Å². The van der Waals surface area contributed by atoms with E-state index < -0.39 is 0 Å². The van der Waals surface area contributed by atoms with Gasteiger partial charge in [0.2, 0.25) is 5.89 Å². The van der Waals surface area contributed by atoms with Crippen LogP contribution in [-0.4, -0.2) is 46.8 Å². The molecule has 7 nitrogen and oxygen atoms in total. The molecule has 30 heavy (non-hydrogen) atoms. The van der Waals surface area contributed by atoms with Crippen LogP contribution in [0.3, 0.4) is 0 Å². The average Bonchev–Trinajstić information content (AvgIpc) is 3.27. The molecular formula is C23H32N4O3. The Kier molecular flexibility index (Phi) is 7.34. The summed E-state index contributed by atoms with van der Waals surface area (Å²) in [5.41, 5.74) is 1.15. The summed E-state index contributed by atoms with van der Waals surface area (Å²) in [6.45, 7) is 2.57. The molecule has 1 aliphatic heterocycles. The van der Waals surface area contributed by atoms with E-state index in [2.05, 4.69) is 15.5 Å². The predicted molar refractivity (Wildman–Crippen MR) is 113 cm³/mol. The molecule has 0 radical (unpaired) electrons. The first kappa shape index (κ1) is 20.8. The highest BCUT2D eigenvalue weighted by Crippen LogP contribution is 2.26. The van der Waals surface area contributed by atoms with Gasteiger partial charge in [-0.3, -0.25) is 0 Å². The number of hydrogen-bond acceptors (Lipinski definition) is 5. The normalized spacial score (nSPS) is 20.3. The van der Waals surface area contributed by atoms with Crippen molar-refractivity contribution in [3.8, 4) is 0 Å². The van der Waals surface area contributed by atoms with Crippen molar-refractivity contribution in [3.63, 3.8) is 0 Å². The van der Waals surface area contributed by atoms with Crippen LogP contribution in [0.25, 0.3) is 0 Å². The van der Waals surface area contributed by atoms with Crippen molar-refractivity contribution >= 4 is 6.03 Å². The number of nitrogens with zero attached hydrogens (tertiary/aromatic N) is 3. The van der Waals surface area contributed by atoms with Crippen LogP contribution in [0.15, 0.2) is 34.9 Å². The molecular weight excluding hydrogens is 380 g/mol. The Balaban J connectivity index is 1.22. The van der Waals surface area contributed by atoms with Gasteiger partial charge < -0.3 is 19.5 Å². The Morgan fingerprint density at radius 3 is 2.80 bits per heavy atom. The molecule has 1 atom stereocenters. The van der Waals surface area contributed by atoms with Gasteiger partial charge in [-0.2, -0.15) is 4.98 Å². The Bertz CT molecular complexity index is 789. The van der Waals surface area contributed by atoms with Crippen LogP contribution in [0.1, 0.15) is 68.1 Å². The minimum atomic E-state index is 0.0562. The molecule has 1 saturated heterocycles. The Morgan fingerprint density at radius 2 is 1.97 bits per heavy atom. The van der Waals surface area contributed by atoms with Crippen LogP contribution in [0.2, 0.25) is 0 Å². The van der Waals surface area contributed by atoms with Gasteiger partial charge in [0.15, 0.2) is 5.82 Å². The second kappa shape index (κ2) is 10.6. The van der Waals surface area contributed by atoms with Crippen molar-refractivity contribution in [1.82, 2.24) is 20.4 Å². The maximum Gasteiger partial charge on any atom is 0.317 e. The summed E-state index contributed by atoms with van der Waals surface area (Å²) in [6.07, 6.45) is 8.47. The van der Waals surface area contributed by atoms with Crippen LogP contribution in [-0.2, 0) is 17.8 Å². The molecule has 2 fully saturated rings.